The lowest BCUT2D eigenvalue weighted by Gasteiger charge is -2.18. The van der Waals surface area contributed by atoms with Gasteiger partial charge in [0, 0.05) is 32.3 Å². The number of aromatic nitrogens is 1. The second kappa shape index (κ2) is 7.34. The van der Waals surface area contributed by atoms with Crippen LogP contribution >= 0.6 is 11.6 Å². The first-order chi connectivity index (χ1) is 14.3. The van der Waals surface area contributed by atoms with Gasteiger partial charge in [0.05, 0.1) is 23.0 Å². The maximum absolute atomic E-state index is 12.2. The Morgan fingerprint density at radius 3 is 2.53 bits per heavy atom. The standard InChI is InChI=1S/C20H17ClN4O5/c1-25(2)20(29)16-17(26)11(5-7-22-16)23-14-15(19(28)18(14)27)24-13-9-6-8-30-12(9)4-3-10(13)21/h3-5,7,24,26H,6,8H2,1-2H3,(H,22,23). The first kappa shape index (κ1) is 19.7. The van der Waals surface area contributed by atoms with Crippen LogP contribution in [0.25, 0.3) is 0 Å². The molecule has 4 rings (SSSR count). The number of halogens is 1. The van der Waals surface area contributed by atoms with E-state index >= 15 is 0 Å². The quantitative estimate of drug-likeness (QED) is 0.529. The molecule has 0 bridgehead atoms. The van der Waals surface area contributed by atoms with Gasteiger partial charge in [0.15, 0.2) is 11.4 Å². The molecule has 3 aromatic rings. The van der Waals surface area contributed by atoms with E-state index in [2.05, 4.69) is 15.6 Å². The van der Waals surface area contributed by atoms with Gasteiger partial charge in [-0.2, -0.15) is 0 Å². The van der Waals surface area contributed by atoms with Gasteiger partial charge < -0.3 is 25.4 Å². The number of hydrogen-bond acceptors (Lipinski definition) is 8. The third-order valence-corrected chi connectivity index (χ3v) is 5.10. The third-order valence-electron chi connectivity index (χ3n) is 4.78. The number of hydrogen-bond donors (Lipinski definition) is 3. The number of carbonyl (C=O) groups is 1. The van der Waals surface area contributed by atoms with Crippen molar-refractivity contribution in [1.29, 1.82) is 0 Å². The lowest BCUT2D eigenvalue weighted by Crippen LogP contribution is -2.36. The van der Waals surface area contributed by atoms with E-state index in [0.29, 0.717) is 29.5 Å². The number of amides is 1. The molecule has 0 saturated heterocycles. The second-order valence-corrected chi connectivity index (χ2v) is 7.32. The summed E-state index contributed by atoms with van der Waals surface area (Å²) in [6.07, 6.45) is 1.92. The molecule has 1 aliphatic heterocycles. The minimum absolute atomic E-state index is 0.0129. The van der Waals surface area contributed by atoms with Crippen LogP contribution in [0.3, 0.4) is 0 Å². The zero-order chi connectivity index (χ0) is 21.6. The lowest BCUT2D eigenvalue weighted by molar-refractivity contribution is 0.0819. The Bertz CT molecular complexity index is 1250. The van der Waals surface area contributed by atoms with Crippen molar-refractivity contribution in [2.45, 2.75) is 6.42 Å². The Balaban J connectivity index is 1.69. The Morgan fingerprint density at radius 2 is 1.83 bits per heavy atom. The van der Waals surface area contributed by atoms with Gasteiger partial charge in [-0.1, -0.05) is 11.6 Å². The van der Waals surface area contributed by atoms with Crippen molar-refractivity contribution in [3.05, 3.63) is 61.1 Å². The molecule has 0 radical (unpaired) electrons. The van der Waals surface area contributed by atoms with Crippen molar-refractivity contribution in [3.8, 4) is 11.5 Å². The number of ether oxygens (including phenoxy) is 1. The van der Waals surface area contributed by atoms with Gasteiger partial charge >= 0.3 is 0 Å². The third kappa shape index (κ3) is 3.13. The molecule has 10 heteroatoms. The monoisotopic (exact) mass is 428 g/mol. The van der Waals surface area contributed by atoms with Gasteiger partial charge in [0.25, 0.3) is 16.8 Å². The van der Waals surface area contributed by atoms with Crippen LogP contribution < -0.4 is 26.2 Å². The van der Waals surface area contributed by atoms with Crippen LogP contribution in [0, 0.1) is 0 Å². The van der Waals surface area contributed by atoms with Crippen molar-refractivity contribution >= 4 is 40.3 Å². The molecule has 0 unspecified atom stereocenters. The largest absolute Gasteiger partial charge is 0.504 e. The summed E-state index contributed by atoms with van der Waals surface area (Å²) in [5.41, 5.74) is -0.317. The molecule has 0 spiro atoms. The number of benzene rings is 1. The molecular formula is C20H17ClN4O5. The van der Waals surface area contributed by atoms with Crippen molar-refractivity contribution in [1.82, 2.24) is 9.88 Å². The Hall–Kier alpha value is -3.59. The number of anilines is 4. The molecule has 1 aliphatic rings. The predicted octanol–water partition coefficient (Wildman–Crippen LogP) is 2.16. The van der Waals surface area contributed by atoms with Crippen molar-refractivity contribution < 1.29 is 14.6 Å². The van der Waals surface area contributed by atoms with E-state index in [1.165, 1.54) is 31.3 Å². The van der Waals surface area contributed by atoms with E-state index in [4.69, 9.17) is 16.3 Å². The first-order valence-electron chi connectivity index (χ1n) is 9.00. The molecule has 154 valence electrons. The van der Waals surface area contributed by atoms with Crippen LogP contribution in [-0.2, 0) is 6.42 Å². The Labute approximate surface area is 175 Å². The van der Waals surface area contributed by atoms with Gasteiger partial charge in [0.1, 0.15) is 17.1 Å². The molecule has 0 aliphatic carbocycles. The Kier molecular flexibility index (Phi) is 4.83. The van der Waals surface area contributed by atoms with Gasteiger partial charge in [-0.15, -0.1) is 0 Å². The van der Waals surface area contributed by atoms with Crippen molar-refractivity contribution in [2.75, 3.05) is 31.3 Å². The summed E-state index contributed by atoms with van der Waals surface area (Å²) in [6.45, 7) is 0.495. The molecule has 9 nitrogen and oxygen atoms in total. The number of nitrogens with one attached hydrogen (secondary N) is 2. The van der Waals surface area contributed by atoms with Crippen LogP contribution in [0.5, 0.6) is 11.5 Å². The van der Waals surface area contributed by atoms with Crippen molar-refractivity contribution in [2.24, 2.45) is 0 Å². The predicted molar refractivity (Wildman–Crippen MR) is 112 cm³/mol. The molecular weight excluding hydrogens is 412 g/mol. The highest BCUT2D eigenvalue weighted by Crippen LogP contribution is 2.39. The van der Waals surface area contributed by atoms with E-state index in [1.807, 2.05) is 0 Å². The molecule has 1 aromatic heterocycles. The minimum Gasteiger partial charge on any atom is -0.504 e. The van der Waals surface area contributed by atoms with Crippen LogP contribution in [0.1, 0.15) is 16.1 Å². The average Bonchev–Trinajstić information content (AvgIpc) is 3.21. The molecule has 1 amide bonds. The summed E-state index contributed by atoms with van der Waals surface area (Å²) in [5.74, 6) is -0.276. The molecule has 0 saturated carbocycles. The van der Waals surface area contributed by atoms with Crippen LogP contribution in [0.2, 0.25) is 5.02 Å². The maximum atomic E-state index is 12.2. The minimum atomic E-state index is -0.755. The number of nitrogens with zero attached hydrogens (tertiary/aromatic N) is 2. The number of aromatic hydroxyl groups is 1. The summed E-state index contributed by atoms with van der Waals surface area (Å²) in [7, 11) is 3.04. The highest BCUT2D eigenvalue weighted by atomic mass is 35.5. The van der Waals surface area contributed by atoms with E-state index in [-0.39, 0.29) is 22.8 Å². The van der Waals surface area contributed by atoms with E-state index in [9.17, 15) is 19.5 Å². The van der Waals surface area contributed by atoms with E-state index < -0.39 is 22.5 Å². The highest BCUT2D eigenvalue weighted by molar-refractivity contribution is 6.33. The number of pyridine rings is 1. The van der Waals surface area contributed by atoms with Gasteiger partial charge in [-0.25, -0.2) is 4.98 Å². The topological polar surface area (TPSA) is 121 Å². The Morgan fingerprint density at radius 1 is 1.13 bits per heavy atom. The molecule has 3 N–H and O–H groups in total. The average molecular weight is 429 g/mol. The maximum Gasteiger partial charge on any atom is 0.275 e. The van der Waals surface area contributed by atoms with Crippen molar-refractivity contribution in [3.63, 3.8) is 0 Å². The summed E-state index contributed by atoms with van der Waals surface area (Å²) in [4.78, 5) is 41.7. The molecule has 0 fully saturated rings. The lowest BCUT2D eigenvalue weighted by atomic mass is 10.1. The molecule has 30 heavy (non-hydrogen) atoms. The second-order valence-electron chi connectivity index (χ2n) is 6.91. The zero-order valence-corrected chi connectivity index (χ0v) is 16.8. The summed E-state index contributed by atoms with van der Waals surface area (Å²) < 4.78 is 5.51. The summed E-state index contributed by atoms with van der Waals surface area (Å²) >= 11 is 6.29. The highest BCUT2D eigenvalue weighted by Gasteiger charge is 2.27. The SMILES string of the molecule is CN(C)C(=O)c1nccc(Nc2c(Nc3c(Cl)ccc4c3CCO4)c(=O)c2=O)c1O. The van der Waals surface area contributed by atoms with Crippen LogP contribution in [0.15, 0.2) is 34.0 Å². The number of rotatable bonds is 5. The van der Waals surface area contributed by atoms with E-state index in [0.717, 1.165) is 5.56 Å². The molecule has 2 aromatic carbocycles. The molecule has 0 atom stereocenters. The fraction of sp³-hybridized carbons (Fsp3) is 0.200. The smallest absolute Gasteiger partial charge is 0.275 e. The first-order valence-corrected chi connectivity index (χ1v) is 9.38. The number of carbonyl (C=O) groups excluding carboxylic acids is 1. The van der Waals surface area contributed by atoms with Crippen LogP contribution in [0.4, 0.5) is 22.7 Å². The van der Waals surface area contributed by atoms with Gasteiger partial charge in [0.2, 0.25) is 0 Å². The number of fused-ring (bicyclic) bond motifs is 1. The summed E-state index contributed by atoms with van der Waals surface area (Å²) in [6, 6.07) is 4.78. The van der Waals surface area contributed by atoms with E-state index in [1.54, 1.807) is 12.1 Å². The van der Waals surface area contributed by atoms with Crippen LogP contribution in [-0.4, -0.2) is 41.6 Å². The molecule has 2 heterocycles. The fourth-order valence-electron chi connectivity index (χ4n) is 3.19. The fourth-order valence-corrected chi connectivity index (χ4v) is 3.42. The summed E-state index contributed by atoms with van der Waals surface area (Å²) in [5, 5.41) is 16.5. The zero-order valence-electron chi connectivity index (χ0n) is 16.1. The van der Waals surface area contributed by atoms with Gasteiger partial charge in [-0.05, 0) is 18.2 Å². The van der Waals surface area contributed by atoms with Gasteiger partial charge in [-0.3, -0.25) is 14.4 Å². The normalized spacial score (nSPS) is 12.4.